The summed E-state index contributed by atoms with van der Waals surface area (Å²) in [6.07, 6.45) is 1.44. The lowest BCUT2D eigenvalue weighted by Crippen LogP contribution is -2.42. The molecule has 2 aliphatic rings. The van der Waals surface area contributed by atoms with Crippen LogP contribution in [0.4, 0.5) is 0 Å². The van der Waals surface area contributed by atoms with Gasteiger partial charge in [0, 0.05) is 26.2 Å². The van der Waals surface area contributed by atoms with E-state index in [1.165, 1.54) is 6.34 Å². The van der Waals surface area contributed by atoms with Gasteiger partial charge in [0.15, 0.2) is 0 Å². The van der Waals surface area contributed by atoms with Crippen molar-refractivity contribution in [3.8, 4) is 0 Å². The number of morpholine rings is 1. The molecule has 1 N–H and O–H groups in total. The summed E-state index contributed by atoms with van der Waals surface area (Å²) in [4.78, 5) is 2.35. The fourth-order valence-electron chi connectivity index (χ4n) is 1.42. The molecule has 77 valence electrons. The van der Waals surface area contributed by atoms with Crippen LogP contribution in [0.5, 0.6) is 0 Å². The average molecular weight is 196 g/mol. The SMILES string of the molecule is C1=NN=C(NCCN2CCOCC2)[N]1. The highest BCUT2D eigenvalue weighted by Crippen LogP contribution is 1.94. The molecule has 1 fully saturated rings. The van der Waals surface area contributed by atoms with Crippen LogP contribution in [0, 0.1) is 0 Å². The minimum atomic E-state index is 0.609. The third-order valence-corrected chi connectivity index (χ3v) is 2.20. The van der Waals surface area contributed by atoms with Crippen LogP contribution in [0.15, 0.2) is 10.2 Å². The summed E-state index contributed by atoms with van der Waals surface area (Å²) in [6.45, 7) is 5.57. The number of guanidine groups is 1. The Labute approximate surface area is 83.0 Å². The van der Waals surface area contributed by atoms with Gasteiger partial charge in [-0.15, -0.1) is 10.2 Å². The molecule has 1 radical (unpaired) electrons. The molecule has 14 heavy (non-hydrogen) atoms. The van der Waals surface area contributed by atoms with Crippen LogP contribution in [-0.2, 0) is 4.74 Å². The first-order chi connectivity index (χ1) is 6.95. The molecule has 0 amide bonds. The Kier molecular flexibility index (Phi) is 3.31. The number of hydrogen-bond acceptors (Lipinski definition) is 5. The molecule has 6 nitrogen and oxygen atoms in total. The molecule has 0 aromatic carbocycles. The van der Waals surface area contributed by atoms with E-state index in [4.69, 9.17) is 4.74 Å². The molecule has 6 heteroatoms. The van der Waals surface area contributed by atoms with Gasteiger partial charge >= 0.3 is 0 Å². The van der Waals surface area contributed by atoms with Crippen molar-refractivity contribution >= 4 is 12.3 Å². The second-order valence-corrected chi connectivity index (χ2v) is 3.16. The first-order valence-electron chi connectivity index (χ1n) is 4.79. The average Bonchev–Trinajstić information content (AvgIpc) is 2.72. The minimum absolute atomic E-state index is 0.609. The van der Waals surface area contributed by atoms with E-state index in [9.17, 15) is 0 Å². The maximum Gasteiger partial charge on any atom is 0.244 e. The lowest BCUT2D eigenvalue weighted by atomic mass is 10.4. The van der Waals surface area contributed by atoms with Crippen LogP contribution >= 0.6 is 0 Å². The molecule has 0 spiro atoms. The maximum absolute atomic E-state index is 5.26. The number of hydrogen-bond donors (Lipinski definition) is 1. The van der Waals surface area contributed by atoms with Gasteiger partial charge in [-0.05, 0) is 0 Å². The van der Waals surface area contributed by atoms with Gasteiger partial charge in [-0.2, -0.15) is 5.32 Å². The monoisotopic (exact) mass is 196 g/mol. The topological polar surface area (TPSA) is 63.3 Å². The molecule has 2 aliphatic heterocycles. The summed E-state index contributed by atoms with van der Waals surface area (Å²) in [5.41, 5.74) is 0. The molecule has 0 bridgehead atoms. The number of nitrogens with zero attached hydrogens (tertiary/aromatic N) is 4. The summed E-state index contributed by atoms with van der Waals surface area (Å²) in [6, 6.07) is 0. The lowest BCUT2D eigenvalue weighted by molar-refractivity contribution is 0.0389. The zero-order valence-electron chi connectivity index (χ0n) is 8.02. The zero-order valence-corrected chi connectivity index (χ0v) is 8.02. The third kappa shape index (κ3) is 2.68. The van der Waals surface area contributed by atoms with Crippen molar-refractivity contribution in [2.45, 2.75) is 0 Å². The predicted octanol–water partition coefficient (Wildman–Crippen LogP) is -1.17. The van der Waals surface area contributed by atoms with E-state index in [-0.39, 0.29) is 0 Å². The van der Waals surface area contributed by atoms with Crippen LogP contribution in [0.3, 0.4) is 0 Å². The molecule has 2 heterocycles. The molecule has 0 aromatic heterocycles. The normalized spacial score (nSPS) is 21.9. The molecule has 0 atom stereocenters. The smallest absolute Gasteiger partial charge is 0.244 e. The molecular weight excluding hydrogens is 182 g/mol. The fraction of sp³-hybridized carbons (Fsp3) is 0.750. The van der Waals surface area contributed by atoms with Crippen molar-refractivity contribution in [1.29, 1.82) is 0 Å². The first kappa shape index (κ1) is 9.42. The van der Waals surface area contributed by atoms with Gasteiger partial charge in [0.05, 0.1) is 13.2 Å². The molecule has 0 unspecified atom stereocenters. The molecule has 2 rings (SSSR count). The molecule has 0 aliphatic carbocycles. The number of rotatable bonds is 3. The number of ether oxygens (including phenoxy) is 1. The van der Waals surface area contributed by atoms with Gasteiger partial charge in [0.2, 0.25) is 5.96 Å². The quantitative estimate of drug-likeness (QED) is 0.618. The van der Waals surface area contributed by atoms with Gasteiger partial charge in [-0.1, -0.05) is 0 Å². The van der Waals surface area contributed by atoms with Crippen molar-refractivity contribution in [2.24, 2.45) is 10.2 Å². The maximum atomic E-state index is 5.26. The largest absolute Gasteiger partial charge is 0.379 e. The van der Waals surface area contributed by atoms with Crippen molar-refractivity contribution < 1.29 is 4.74 Å². The molecule has 0 aromatic rings. The zero-order chi connectivity index (χ0) is 9.64. The fourth-order valence-corrected chi connectivity index (χ4v) is 1.42. The van der Waals surface area contributed by atoms with E-state index < -0.39 is 0 Å². The van der Waals surface area contributed by atoms with Gasteiger partial charge < -0.3 is 10.1 Å². The van der Waals surface area contributed by atoms with E-state index in [2.05, 4.69) is 25.7 Å². The lowest BCUT2D eigenvalue weighted by Gasteiger charge is -2.26. The second kappa shape index (κ2) is 4.92. The van der Waals surface area contributed by atoms with Crippen molar-refractivity contribution in [3.05, 3.63) is 0 Å². The van der Waals surface area contributed by atoms with Gasteiger partial charge in [0.25, 0.3) is 0 Å². The summed E-state index contributed by atoms with van der Waals surface area (Å²) in [7, 11) is 0. The highest BCUT2D eigenvalue weighted by atomic mass is 16.5. The van der Waals surface area contributed by atoms with Gasteiger partial charge in [-0.3, -0.25) is 4.90 Å². The Balaban J connectivity index is 1.57. The van der Waals surface area contributed by atoms with Crippen molar-refractivity contribution in [2.75, 3.05) is 39.4 Å². The third-order valence-electron chi connectivity index (χ3n) is 2.20. The minimum Gasteiger partial charge on any atom is -0.379 e. The summed E-state index contributed by atoms with van der Waals surface area (Å²) in [5, 5.41) is 14.4. The van der Waals surface area contributed by atoms with Crippen molar-refractivity contribution in [3.63, 3.8) is 0 Å². The van der Waals surface area contributed by atoms with E-state index >= 15 is 0 Å². The van der Waals surface area contributed by atoms with Crippen molar-refractivity contribution in [1.82, 2.24) is 15.5 Å². The Bertz CT molecular complexity index is 234. The Hall–Kier alpha value is -1.14. The van der Waals surface area contributed by atoms with E-state index in [0.717, 1.165) is 39.4 Å². The highest BCUT2D eigenvalue weighted by Gasteiger charge is 2.10. The number of nitrogens with one attached hydrogen (secondary N) is 1. The summed E-state index contributed by atoms with van der Waals surface area (Å²) >= 11 is 0. The van der Waals surface area contributed by atoms with E-state index in [1.807, 2.05) is 0 Å². The van der Waals surface area contributed by atoms with Crippen LogP contribution < -0.4 is 10.6 Å². The molecule has 1 saturated heterocycles. The highest BCUT2D eigenvalue weighted by molar-refractivity contribution is 5.92. The summed E-state index contributed by atoms with van der Waals surface area (Å²) in [5.74, 6) is 0.609. The van der Waals surface area contributed by atoms with Crippen LogP contribution in [0.1, 0.15) is 0 Å². The Morgan fingerprint density at radius 1 is 1.43 bits per heavy atom. The van der Waals surface area contributed by atoms with Crippen LogP contribution in [0.25, 0.3) is 0 Å². The standard InChI is InChI=1S/C8H14N5O/c1(9-8-10-7-11-12-8)2-13-3-5-14-6-4-13/h7H,1-6H2,(H,9,12). The Morgan fingerprint density at radius 2 is 2.29 bits per heavy atom. The van der Waals surface area contributed by atoms with Crippen LogP contribution in [0.2, 0.25) is 0 Å². The summed E-state index contributed by atoms with van der Waals surface area (Å²) < 4.78 is 5.26. The molecule has 0 saturated carbocycles. The van der Waals surface area contributed by atoms with Gasteiger partial charge in [0.1, 0.15) is 6.34 Å². The van der Waals surface area contributed by atoms with Gasteiger partial charge in [-0.25, -0.2) is 0 Å². The Morgan fingerprint density at radius 3 is 3.00 bits per heavy atom. The predicted molar refractivity (Wildman–Crippen MR) is 53.3 cm³/mol. The second-order valence-electron chi connectivity index (χ2n) is 3.16. The van der Waals surface area contributed by atoms with E-state index in [1.54, 1.807) is 0 Å². The molecular formula is C8H14N5O. The van der Waals surface area contributed by atoms with Crippen LogP contribution in [-0.4, -0.2) is 56.6 Å². The first-order valence-corrected chi connectivity index (χ1v) is 4.79. The van der Waals surface area contributed by atoms with E-state index in [0.29, 0.717) is 5.96 Å².